The minimum absolute atomic E-state index is 0.202. The number of likely N-dealkylation sites (tertiary alicyclic amines) is 1. The number of hydrogen-bond acceptors (Lipinski definition) is 6. The molecule has 7 rings (SSSR count). The second kappa shape index (κ2) is 9.21. The molecule has 1 aliphatic heterocycles. The third-order valence-corrected chi connectivity index (χ3v) is 9.28. The van der Waals surface area contributed by atoms with Gasteiger partial charge in [0, 0.05) is 12.1 Å². The fourth-order valence-electron chi connectivity index (χ4n) is 6.23. The standard InChI is InChI=1S/C30H23Cl2NO6/c1-38-18-12-10-17(11-13-18)23(34)16-39-24(35)14-15-33-27(36)25-26(28(33)37)30(32)20-7-3-2-6-19(20)29(25,31)21-8-4-5-9-22(21)30/h2-13,25-26H,14-16H2,1H3/t25-,26-,29?,30?/m0/s1. The van der Waals surface area contributed by atoms with Crippen LogP contribution in [0.3, 0.4) is 0 Å². The number of benzene rings is 3. The maximum Gasteiger partial charge on any atom is 0.308 e. The Balaban J connectivity index is 1.21. The first-order chi connectivity index (χ1) is 18.7. The third kappa shape index (κ3) is 3.56. The number of amides is 2. The van der Waals surface area contributed by atoms with Gasteiger partial charge < -0.3 is 9.47 Å². The molecular weight excluding hydrogens is 541 g/mol. The summed E-state index contributed by atoms with van der Waals surface area (Å²) in [5.74, 6) is -3.30. The van der Waals surface area contributed by atoms with E-state index in [1.165, 1.54) is 7.11 Å². The van der Waals surface area contributed by atoms with Gasteiger partial charge in [0.25, 0.3) is 0 Å². The van der Waals surface area contributed by atoms with Crippen molar-refractivity contribution in [1.82, 2.24) is 4.90 Å². The Labute approximate surface area is 234 Å². The van der Waals surface area contributed by atoms with Crippen LogP contribution in [0.2, 0.25) is 0 Å². The van der Waals surface area contributed by atoms with Crippen molar-refractivity contribution >= 4 is 46.8 Å². The maximum absolute atomic E-state index is 13.8. The molecule has 0 aromatic heterocycles. The Kier molecular flexibility index (Phi) is 6.04. The van der Waals surface area contributed by atoms with Gasteiger partial charge >= 0.3 is 5.97 Å². The zero-order valence-corrected chi connectivity index (χ0v) is 22.4. The normalized spacial score (nSPS) is 26.1. The highest BCUT2D eigenvalue weighted by Gasteiger charge is 2.72. The van der Waals surface area contributed by atoms with Gasteiger partial charge in [-0.2, -0.15) is 0 Å². The SMILES string of the molecule is COc1ccc(C(=O)COC(=O)CCN2C(=O)[C@@H]3[C@@H](C2=O)C2(Cl)c4ccccc4C3(Cl)c3ccccc32)cc1. The predicted octanol–water partition coefficient (Wildman–Crippen LogP) is 4.40. The highest BCUT2D eigenvalue weighted by Crippen LogP contribution is 2.69. The van der Waals surface area contributed by atoms with Crippen molar-refractivity contribution < 1.29 is 28.7 Å². The van der Waals surface area contributed by atoms with E-state index >= 15 is 0 Å². The minimum atomic E-state index is -1.28. The molecule has 3 aliphatic carbocycles. The molecule has 39 heavy (non-hydrogen) atoms. The lowest BCUT2D eigenvalue weighted by Crippen LogP contribution is -2.57. The van der Waals surface area contributed by atoms with Crippen LogP contribution in [0, 0.1) is 11.8 Å². The van der Waals surface area contributed by atoms with Crippen molar-refractivity contribution in [3.8, 4) is 5.75 Å². The summed E-state index contributed by atoms with van der Waals surface area (Å²) in [5.41, 5.74) is 3.20. The maximum atomic E-state index is 13.8. The number of halogens is 2. The van der Waals surface area contributed by atoms with Gasteiger partial charge in [-0.1, -0.05) is 48.5 Å². The molecule has 4 aliphatic rings. The van der Waals surface area contributed by atoms with Crippen LogP contribution in [0.1, 0.15) is 39.0 Å². The summed E-state index contributed by atoms with van der Waals surface area (Å²) in [6.45, 7) is -0.661. The molecule has 0 N–H and O–H groups in total. The first-order valence-corrected chi connectivity index (χ1v) is 13.2. The number of ether oxygens (including phenoxy) is 2. The molecule has 3 aromatic carbocycles. The predicted molar refractivity (Wildman–Crippen MR) is 143 cm³/mol. The summed E-state index contributed by atoms with van der Waals surface area (Å²) >= 11 is 14.8. The molecule has 1 heterocycles. The lowest BCUT2D eigenvalue weighted by atomic mass is 9.54. The molecule has 7 nitrogen and oxygen atoms in total. The quantitative estimate of drug-likeness (QED) is 0.183. The third-order valence-electron chi connectivity index (χ3n) is 7.99. The summed E-state index contributed by atoms with van der Waals surface area (Å²) in [7, 11) is 1.52. The first kappa shape index (κ1) is 25.6. The van der Waals surface area contributed by atoms with E-state index in [-0.39, 0.29) is 18.7 Å². The number of rotatable bonds is 7. The van der Waals surface area contributed by atoms with E-state index in [0.717, 1.165) is 4.90 Å². The van der Waals surface area contributed by atoms with Gasteiger partial charge in [-0.05, 0) is 46.5 Å². The molecule has 2 amide bonds. The summed E-state index contributed by atoms with van der Waals surface area (Å²) in [5, 5.41) is 0. The van der Waals surface area contributed by atoms with Gasteiger partial charge in [-0.25, -0.2) is 0 Å². The summed E-state index contributed by atoms with van der Waals surface area (Å²) in [6.07, 6.45) is -0.267. The second-order valence-electron chi connectivity index (χ2n) is 9.86. The topological polar surface area (TPSA) is 90.0 Å². The molecule has 0 radical (unpaired) electrons. The molecular formula is C30H23Cl2NO6. The number of methoxy groups -OCH3 is 1. The molecule has 2 atom stereocenters. The highest BCUT2D eigenvalue weighted by molar-refractivity contribution is 6.36. The molecule has 0 unspecified atom stereocenters. The minimum Gasteiger partial charge on any atom is -0.497 e. The van der Waals surface area contributed by atoms with Crippen LogP contribution in [-0.2, 0) is 28.9 Å². The van der Waals surface area contributed by atoms with E-state index in [4.69, 9.17) is 32.7 Å². The van der Waals surface area contributed by atoms with Gasteiger partial charge in [0.1, 0.15) is 15.5 Å². The van der Waals surface area contributed by atoms with Crippen molar-refractivity contribution in [1.29, 1.82) is 0 Å². The van der Waals surface area contributed by atoms with Crippen molar-refractivity contribution in [2.45, 2.75) is 16.2 Å². The molecule has 198 valence electrons. The molecule has 1 fully saturated rings. The van der Waals surface area contributed by atoms with Crippen molar-refractivity contribution in [3.05, 3.63) is 101 Å². The van der Waals surface area contributed by atoms with Crippen LogP contribution >= 0.6 is 23.2 Å². The number of esters is 1. The number of nitrogens with zero attached hydrogens (tertiary/aromatic N) is 1. The number of carbonyl (C=O) groups is 4. The monoisotopic (exact) mass is 563 g/mol. The Bertz CT molecular complexity index is 1410. The lowest BCUT2D eigenvalue weighted by Gasteiger charge is -2.54. The first-order valence-electron chi connectivity index (χ1n) is 12.5. The van der Waals surface area contributed by atoms with Gasteiger partial charge in [0.2, 0.25) is 11.8 Å². The average molecular weight is 564 g/mol. The van der Waals surface area contributed by atoms with Gasteiger partial charge in [0.15, 0.2) is 12.4 Å². The number of imide groups is 1. The number of hydrogen-bond donors (Lipinski definition) is 0. The second-order valence-corrected chi connectivity index (χ2v) is 11.1. The van der Waals surface area contributed by atoms with Gasteiger partial charge in [-0.15, -0.1) is 23.2 Å². The van der Waals surface area contributed by atoms with E-state index in [0.29, 0.717) is 33.6 Å². The van der Waals surface area contributed by atoms with Crippen LogP contribution < -0.4 is 4.74 Å². The summed E-state index contributed by atoms with van der Waals surface area (Å²) in [4.78, 5) is 50.9. The number of Topliss-reactive ketones (excluding diaryl/α,β-unsaturated/α-hetero) is 1. The zero-order chi connectivity index (χ0) is 27.5. The number of alkyl halides is 2. The summed E-state index contributed by atoms with van der Waals surface area (Å²) < 4.78 is 10.2. The number of carbonyl (C=O) groups excluding carboxylic acids is 4. The van der Waals surface area contributed by atoms with E-state index in [1.54, 1.807) is 24.3 Å². The molecule has 1 saturated heterocycles. The highest BCUT2D eigenvalue weighted by atomic mass is 35.5. The molecule has 9 heteroatoms. The van der Waals surface area contributed by atoms with Crippen molar-refractivity contribution in [3.63, 3.8) is 0 Å². The van der Waals surface area contributed by atoms with E-state index in [9.17, 15) is 19.2 Å². The fourth-order valence-corrected chi connectivity index (χ4v) is 7.32. The Morgan fingerprint density at radius 2 is 1.26 bits per heavy atom. The molecule has 3 aromatic rings. The van der Waals surface area contributed by atoms with Crippen LogP contribution in [0.15, 0.2) is 72.8 Å². The molecule has 0 spiro atoms. The molecule has 2 bridgehead atoms. The van der Waals surface area contributed by atoms with Crippen LogP contribution in [-0.4, -0.2) is 48.7 Å². The Hall–Kier alpha value is -3.68. The van der Waals surface area contributed by atoms with Crippen molar-refractivity contribution in [2.24, 2.45) is 11.8 Å². The van der Waals surface area contributed by atoms with Crippen LogP contribution in [0.5, 0.6) is 5.75 Å². The lowest BCUT2D eigenvalue weighted by molar-refractivity contribution is -0.145. The fraction of sp³-hybridized carbons (Fsp3) is 0.267. The Morgan fingerprint density at radius 1 is 0.795 bits per heavy atom. The molecule has 0 saturated carbocycles. The van der Waals surface area contributed by atoms with E-state index in [1.807, 2.05) is 48.5 Å². The van der Waals surface area contributed by atoms with E-state index in [2.05, 4.69) is 0 Å². The Morgan fingerprint density at radius 3 is 1.69 bits per heavy atom. The van der Waals surface area contributed by atoms with Crippen LogP contribution in [0.4, 0.5) is 0 Å². The van der Waals surface area contributed by atoms with Crippen LogP contribution in [0.25, 0.3) is 0 Å². The zero-order valence-electron chi connectivity index (χ0n) is 20.9. The van der Waals surface area contributed by atoms with Gasteiger partial charge in [-0.3, -0.25) is 24.1 Å². The van der Waals surface area contributed by atoms with Crippen molar-refractivity contribution in [2.75, 3.05) is 20.3 Å². The number of ketones is 1. The summed E-state index contributed by atoms with van der Waals surface area (Å²) in [6, 6.07) is 21.2. The smallest absolute Gasteiger partial charge is 0.308 e. The van der Waals surface area contributed by atoms with E-state index < -0.39 is 46.0 Å². The van der Waals surface area contributed by atoms with Gasteiger partial charge in [0.05, 0.1) is 25.4 Å². The largest absolute Gasteiger partial charge is 0.497 e. The average Bonchev–Trinajstić information content (AvgIpc) is 3.23.